The minimum absolute atomic E-state index is 0.150. The largest absolute Gasteiger partial charge is 0.497 e. The van der Waals surface area contributed by atoms with Gasteiger partial charge in [0.2, 0.25) is 5.91 Å². The summed E-state index contributed by atoms with van der Waals surface area (Å²) in [5.74, 6) is 0.647. The maximum Gasteiger partial charge on any atom is 0.261 e. The van der Waals surface area contributed by atoms with Gasteiger partial charge in [0.05, 0.1) is 7.11 Å². The van der Waals surface area contributed by atoms with Gasteiger partial charge in [-0.1, -0.05) is 36.2 Å². The molecule has 0 heterocycles. The number of hydrogen-bond donors (Lipinski definition) is 1. The Morgan fingerprint density at radius 1 is 1.06 bits per heavy atom. The third-order valence-electron chi connectivity index (χ3n) is 4.66. The Hall–Kier alpha value is -2.44. The van der Waals surface area contributed by atoms with Crippen LogP contribution in [0.2, 0.25) is 10.0 Å². The van der Waals surface area contributed by atoms with E-state index >= 15 is 0 Å². The molecule has 0 aliphatic heterocycles. The molecule has 1 N–H and O–H groups in total. The van der Waals surface area contributed by atoms with Crippen LogP contribution in [0.1, 0.15) is 39.7 Å². The fourth-order valence-electron chi connectivity index (χ4n) is 3.11. The Bertz CT molecular complexity index is 927. The van der Waals surface area contributed by atoms with E-state index in [0.29, 0.717) is 33.5 Å². The van der Waals surface area contributed by atoms with E-state index in [-0.39, 0.29) is 25.0 Å². The van der Waals surface area contributed by atoms with Crippen molar-refractivity contribution < 1.29 is 19.1 Å². The summed E-state index contributed by atoms with van der Waals surface area (Å²) in [5.41, 5.74) is 0.257. The third kappa shape index (κ3) is 7.61. The van der Waals surface area contributed by atoms with Gasteiger partial charge in [0, 0.05) is 22.1 Å². The van der Waals surface area contributed by atoms with Crippen molar-refractivity contribution in [2.24, 2.45) is 0 Å². The number of carbonyl (C=O) groups excluding carboxylic acids is 2. The van der Waals surface area contributed by atoms with Crippen molar-refractivity contribution in [1.82, 2.24) is 10.2 Å². The van der Waals surface area contributed by atoms with E-state index in [0.717, 1.165) is 0 Å². The molecule has 8 heteroatoms. The maximum atomic E-state index is 13.2. The molecule has 0 spiro atoms. The average molecular weight is 481 g/mol. The van der Waals surface area contributed by atoms with Crippen LogP contribution in [0, 0.1) is 0 Å². The van der Waals surface area contributed by atoms with Gasteiger partial charge in [0.15, 0.2) is 6.61 Å². The Kier molecular flexibility index (Phi) is 9.22. The van der Waals surface area contributed by atoms with Gasteiger partial charge >= 0.3 is 0 Å². The number of rotatable bonds is 9. The van der Waals surface area contributed by atoms with Crippen molar-refractivity contribution in [2.75, 3.05) is 13.7 Å². The highest BCUT2D eigenvalue weighted by Gasteiger charge is 2.31. The average Bonchev–Trinajstić information content (AvgIpc) is 2.72. The van der Waals surface area contributed by atoms with Crippen LogP contribution in [0.25, 0.3) is 0 Å². The Morgan fingerprint density at radius 2 is 1.69 bits per heavy atom. The van der Waals surface area contributed by atoms with Crippen molar-refractivity contribution in [3.63, 3.8) is 0 Å². The first-order valence-electron chi connectivity index (χ1n) is 10.4. The summed E-state index contributed by atoms with van der Waals surface area (Å²) < 4.78 is 10.8. The minimum Gasteiger partial charge on any atom is -0.497 e. The zero-order valence-electron chi connectivity index (χ0n) is 19.1. The predicted molar refractivity (Wildman–Crippen MR) is 127 cm³/mol. The summed E-state index contributed by atoms with van der Waals surface area (Å²) in [6.45, 7) is 7.47. The molecule has 0 saturated heterocycles. The predicted octanol–water partition coefficient (Wildman–Crippen LogP) is 5.10. The number of hydrogen-bond acceptors (Lipinski definition) is 4. The SMILES string of the molecule is CC[C@@H](C(=O)NC(C)(C)C)N(Cc1ccc(Cl)cc1Cl)C(=O)COc1ccc(OC)cc1. The molecule has 0 fully saturated rings. The molecule has 2 rings (SSSR count). The normalized spacial score (nSPS) is 12.1. The Balaban J connectivity index is 2.25. The van der Waals surface area contributed by atoms with Gasteiger partial charge in [-0.15, -0.1) is 0 Å². The van der Waals surface area contributed by atoms with Gasteiger partial charge in [-0.05, 0) is 69.2 Å². The topological polar surface area (TPSA) is 67.9 Å². The zero-order chi connectivity index (χ0) is 23.9. The summed E-state index contributed by atoms with van der Waals surface area (Å²) in [5, 5.41) is 3.89. The summed E-state index contributed by atoms with van der Waals surface area (Å²) in [6, 6.07) is 11.3. The molecule has 0 aromatic heterocycles. The smallest absolute Gasteiger partial charge is 0.261 e. The number of nitrogens with one attached hydrogen (secondary N) is 1. The van der Waals surface area contributed by atoms with E-state index in [1.54, 1.807) is 49.6 Å². The fourth-order valence-corrected chi connectivity index (χ4v) is 3.57. The maximum absolute atomic E-state index is 13.2. The van der Waals surface area contributed by atoms with Crippen LogP contribution in [-0.2, 0) is 16.1 Å². The molecule has 0 radical (unpaired) electrons. The van der Waals surface area contributed by atoms with Crippen LogP contribution in [0.3, 0.4) is 0 Å². The molecule has 6 nitrogen and oxygen atoms in total. The van der Waals surface area contributed by atoms with E-state index in [2.05, 4.69) is 5.32 Å². The molecule has 2 aromatic rings. The second-order valence-corrected chi connectivity index (χ2v) is 9.23. The van der Waals surface area contributed by atoms with E-state index < -0.39 is 11.6 Å². The first-order chi connectivity index (χ1) is 15.0. The number of benzene rings is 2. The van der Waals surface area contributed by atoms with Gasteiger partial charge in [-0.25, -0.2) is 0 Å². The Labute approximate surface area is 199 Å². The zero-order valence-corrected chi connectivity index (χ0v) is 20.6. The molecule has 0 bridgehead atoms. The lowest BCUT2D eigenvalue weighted by molar-refractivity contribution is -0.143. The molecule has 2 amide bonds. The van der Waals surface area contributed by atoms with Crippen LogP contribution < -0.4 is 14.8 Å². The van der Waals surface area contributed by atoms with Crippen LogP contribution in [-0.4, -0.2) is 42.0 Å². The highest BCUT2D eigenvalue weighted by atomic mass is 35.5. The number of amides is 2. The monoisotopic (exact) mass is 480 g/mol. The van der Waals surface area contributed by atoms with Gasteiger partial charge in [-0.3, -0.25) is 9.59 Å². The van der Waals surface area contributed by atoms with Gasteiger partial charge < -0.3 is 19.7 Å². The number of nitrogens with zero attached hydrogens (tertiary/aromatic N) is 1. The van der Waals surface area contributed by atoms with E-state index in [1.165, 1.54) is 4.90 Å². The number of ether oxygens (including phenoxy) is 2. The van der Waals surface area contributed by atoms with Gasteiger partial charge in [-0.2, -0.15) is 0 Å². The highest BCUT2D eigenvalue weighted by Crippen LogP contribution is 2.24. The van der Waals surface area contributed by atoms with E-state index in [4.69, 9.17) is 32.7 Å². The van der Waals surface area contributed by atoms with Gasteiger partial charge in [0.1, 0.15) is 17.5 Å². The number of methoxy groups -OCH3 is 1. The lowest BCUT2D eigenvalue weighted by atomic mass is 10.1. The van der Waals surface area contributed by atoms with E-state index in [9.17, 15) is 9.59 Å². The van der Waals surface area contributed by atoms with Crippen molar-refractivity contribution in [2.45, 2.75) is 52.2 Å². The van der Waals surface area contributed by atoms with E-state index in [1.807, 2.05) is 27.7 Å². The molecular formula is C24H30Cl2N2O4. The lowest BCUT2D eigenvalue weighted by Gasteiger charge is -2.33. The quantitative estimate of drug-likeness (QED) is 0.541. The minimum atomic E-state index is -0.687. The molecule has 174 valence electrons. The van der Waals surface area contributed by atoms with Crippen molar-refractivity contribution in [1.29, 1.82) is 0 Å². The first-order valence-corrected chi connectivity index (χ1v) is 11.1. The number of halogens is 2. The standard InChI is InChI=1S/C24H30Cl2N2O4/c1-6-21(23(30)27-24(2,3)4)28(14-16-7-8-17(25)13-20(16)26)22(29)15-32-19-11-9-18(31-5)10-12-19/h7-13,21H,6,14-15H2,1-5H3,(H,27,30)/t21-/m0/s1. The van der Waals surface area contributed by atoms with Crippen LogP contribution >= 0.6 is 23.2 Å². The van der Waals surface area contributed by atoms with Crippen molar-refractivity contribution >= 4 is 35.0 Å². The number of carbonyl (C=O) groups is 2. The van der Waals surface area contributed by atoms with Crippen LogP contribution in [0.5, 0.6) is 11.5 Å². The molecule has 0 unspecified atom stereocenters. The third-order valence-corrected chi connectivity index (χ3v) is 5.25. The van der Waals surface area contributed by atoms with Crippen LogP contribution in [0.15, 0.2) is 42.5 Å². The molecular weight excluding hydrogens is 451 g/mol. The summed E-state index contributed by atoms with van der Waals surface area (Å²) >= 11 is 12.4. The molecule has 0 saturated carbocycles. The molecule has 0 aliphatic carbocycles. The van der Waals surface area contributed by atoms with Crippen molar-refractivity contribution in [3.8, 4) is 11.5 Å². The summed E-state index contributed by atoms with van der Waals surface area (Å²) in [6.07, 6.45) is 0.432. The van der Waals surface area contributed by atoms with Crippen LogP contribution in [0.4, 0.5) is 0 Å². The second kappa shape index (κ2) is 11.4. The molecule has 2 aromatic carbocycles. The van der Waals surface area contributed by atoms with Gasteiger partial charge in [0.25, 0.3) is 5.91 Å². The molecule has 32 heavy (non-hydrogen) atoms. The lowest BCUT2D eigenvalue weighted by Crippen LogP contribution is -2.54. The molecule has 0 aliphatic rings. The fraction of sp³-hybridized carbons (Fsp3) is 0.417. The molecule has 1 atom stereocenters. The highest BCUT2D eigenvalue weighted by molar-refractivity contribution is 6.35. The Morgan fingerprint density at radius 3 is 2.22 bits per heavy atom. The summed E-state index contributed by atoms with van der Waals surface area (Å²) in [4.78, 5) is 27.7. The first kappa shape index (κ1) is 25.8. The second-order valence-electron chi connectivity index (χ2n) is 8.38. The van der Waals surface area contributed by atoms with Crippen molar-refractivity contribution in [3.05, 3.63) is 58.1 Å². The summed E-state index contributed by atoms with van der Waals surface area (Å²) in [7, 11) is 1.58.